The van der Waals surface area contributed by atoms with Crippen LogP contribution in [0.5, 0.6) is 5.75 Å². The molecule has 0 fully saturated rings. The number of terminal acetylenes is 1. The van der Waals surface area contributed by atoms with E-state index in [0.717, 1.165) is 30.8 Å². The number of ether oxygens (including phenoxy) is 1. The molecule has 0 radical (unpaired) electrons. The van der Waals surface area contributed by atoms with Gasteiger partial charge in [0.15, 0.2) is 0 Å². The number of aliphatic hydroxyl groups excluding tert-OH is 1. The Morgan fingerprint density at radius 1 is 1.33 bits per heavy atom. The number of benzene rings is 1. The first-order valence-electron chi connectivity index (χ1n) is 6.29. The van der Waals surface area contributed by atoms with Crippen LogP contribution in [0.2, 0.25) is 0 Å². The van der Waals surface area contributed by atoms with Crippen LogP contribution in [0.3, 0.4) is 0 Å². The Hall–Kier alpha value is -1.50. The monoisotopic (exact) mass is 247 g/mol. The largest absolute Gasteiger partial charge is 0.481 e. The van der Waals surface area contributed by atoms with Crippen molar-refractivity contribution in [3.05, 3.63) is 29.8 Å². The molecule has 0 bridgehead atoms. The number of hydrogen-bond acceptors (Lipinski definition) is 3. The van der Waals surface area contributed by atoms with Crippen LogP contribution < -0.4 is 4.74 Å². The van der Waals surface area contributed by atoms with Crippen molar-refractivity contribution in [1.82, 2.24) is 4.90 Å². The maximum absolute atomic E-state index is 9.05. The molecule has 1 rings (SSSR count). The first kappa shape index (κ1) is 14.6. The molecule has 0 saturated carbocycles. The molecule has 98 valence electrons. The number of para-hydroxylation sites is 1. The Kier molecular flexibility index (Phi) is 6.93. The molecule has 0 aliphatic heterocycles. The van der Waals surface area contributed by atoms with Crippen LogP contribution in [-0.4, -0.2) is 36.3 Å². The van der Waals surface area contributed by atoms with E-state index >= 15 is 0 Å². The van der Waals surface area contributed by atoms with Crippen molar-refractivity contribution in [2.75, 3.05) is 26.3 Å². The minimum absolute atomic E-state index is 0.174. The molecule has 0 aliphatic carbocycles. The molecule has 1 aromatic rings. The fourth-order valence-electron chi connectivity index (χ4n) is 1.86. The van der Waals surface area contributed by atoms with Gasteiger partial charge in [-0.3, -0.25) is 4.90 Å². The zero-order valence-electron chi connectivity index (χ0n) is 10.9. The number of nitrogens with zero attached hydrogens (tertiary/aromatic N) is 1. The molecule has 0 amide bonds. The lowest BCUT2D eigenvalue weighted by molar-refractivity contribution is 0.188. The lowest BCUT2D eigenvalue weighted by atomic mass is 10.2. The third-order valence-corrected chi connectivity index (χ3v) is 2.63. The van der Waals surface area contributed by atoms with Gasteiger partial charge in [0.25, 0.3) is 0 Å². The van der Waals surface area contributed by atoms with Gasteiger partial charge in [-0.15, -0.1) is 6.42 Å². The van der Waals surface area contributed by atoms with E-state index in [1.807, 2.05) is 24.3 Å². The second-order valence-corrected chi connectivity index (χ2v) is 4.10. The van der Waals surface area contributed by atoms with Gasteiger partial charge in [0.2, 0.25) is 0 Å². The summed E-state index contributed by atoms with van der Waals surface area (Å²) in [6.45, 7) is 5.00. The summed E-state index contributed by atoms with van der Waals surface area (Å²) in [7, 11) is 0. The highest BCUT2D eigenvalue weighted by Gasteiger charge is 2.08. The Balaban J connectivity index is 2.71. The van der Waals surface area contributed by atoms with Gasteiger partial charge in [-0.25, -0.2) is 0 Å². The number of rotatable bonds is 8. The van der Waals surface area contributed by atoms with Gasteiger partial charge >= 0.3 is 0 Å². The van der Waals surface area contributed by atoms with Crippen LogP contribution in [0.25, 0.3) is 0 Å². The Morgan fingerprint density at radius 3 is 2.78 bits per heavy atom. The molecule has 0 unspecified atom stereocenters. The van der Waals surface area contributed by atoms with Gasteiger partial charge in [0, 0.05) is 18.7 Å². The molecule has 0 aliphatic rings. The van der Waals surface area contributed by atoms with E-state index in [0.29, 0.717) is 6.54 Å². The van der Waals surface area contributed by atoms with Crippen molar-refractivity contribution in [3.63, 3.8) is 0 Å². The molecule has 0 saturated heterocycles. The topological polar surface area (TPSA) is 32.7 Å². The average molecular weight is 247 g/mol. The fourth-order valence-corrected chi connectivity index (χ4v) is 1.86. The van der Waals surface area contributed by atoms with Crippen LogP contribution in [0.4, 0.5) is 0 Å². The van der Waals surface area contributed by atoms with Crippen LogP contribution in [0.15, 0.2) is 24.3 Å². The van der Waals surface area contributed by atoms with Gasteiger partial charge in [-0.2, -0.15) is 0 Å². The Labute approximate surface area is 109 Å². The standard InChI is InChI=1S/C15H21NO2/c1-3-9-16(10-11-17)13-14-7-5-6-8-15(14)18-12-4-2/h2,5-8,17H,3,9-13H2,1H3. The van der Waals surface area contributed by atoms with E-state index in [1.165, 1.54) is 0 Å². The third kappa shape index (κ3) is 4.79. The smallest absolute Gasteiger partial charge is 0.148 e. The lowest BCUT2D eigenvalue weighted by Crippen LogP contribution is -2.27. The van der Waals surface area contributed by atoms with Gasteiger partial charge < -0.3 is 9.84 Å². The molecule has 0 spiro atoms. The van der Waals surface area contributed by atoms with Crippen LogP contribution in [0.1, 0.15) is 18.9 Å². The molecular weight excluding hydrogens is 226 g/mol. The summed E-state index contributed by atoms with van der Waals surface area (Å²) in [5.74, 6) is 3.30. The zero-order valence-corrected chi connectivity index (χ0v) is 10.9. The van der Waals surface area contributed by atoms with Crippen molar-refractivity contribution >= 4 is 0 Å². The van der Waals surface area contributed by atoms with E-state index in [9.17, 15) is 0 Å². The first-order chi connectivity index (χ1) is 8.81. The summed E-state index contributed by atoms with van der Waals surface area (Å²) in [5, 5.41) is 9.05. The van der Waals surface area contributed by atoms with Crippen molar-refractivity contribution in [2.24, 2.45) is 0 Å². The summed E-state index contributed by atoms with van der Waals surface area (Å²) in [5.41, 5.74) is 1.11. The average Bonchev–Trinajstić information content (AvgIpc) is 2.38. The minimum atomic E-state index is 0.174. The van der Waals surface area contributed by atoms with Crippen molar-refractivity contribution < 1.29 is 9.84 Å². The minimum Gasteiger partial charge on any atom is -0.481 e. The van der Waals surface area contributed by atoms with Crippen molar-refractivity contribution in [2.45, 2.75) is 19.9 Å². The quantitative estimate of drug-likeness (QED) is 0.712. The molecule has 18 heavy (non-hydrogen) atoms. The SMILES string of the molecule is C#CCOc1ccccc1CN(CCC)CCO. The van der Waals surface area contributed by atoms with Crippen LogP contribution in [0, 0.1) is 12.3 Å². The molecule has 0 atom stereocenters. The highest BCUT2D eigenvalue weighted by Crippen LogP contribution is 2.19. The highest BCUT2D eigenvalue weighted by molar-refractivity contribution is 5.33. The predicted octanol–water partition coefficient (Wildman–Crippen LogP) is 1.90. The van der Waals surface area contributed by atoms with Gasteiger partial charge in [-0.05, 0) is 19.0 Å². The predicted molar refractivity (Wildman–Crippen MR) is 73.4 cm³/mol. The maximum atomic E-state index is 9.05. The first-order valence-corrected chi connectivity index (χ1v) is 6.29. The Morgan fingerprint density at radius 2 is 2.11 bits per heavy atom. The summed E-state index contributed by atoms with van der Waals surface area (Å²) in [6.07, 6.45) is 6.27. The number of hydrogen-bond donors (Lipinski definition) is 1. The Bertz CT molecular complexity index is 378. The van der Waals surface area contributed by atoms with E-state index in [1.54, 1.807) is 0 Å². The van der Waals surface area contributed by atoms with Gasteiger partial charge in [0.05, 0.1) is 6.61 Å². The molecule has 1 aromatic carbocycles. The van der Waals surface area contributed by atoms with Gasteiger partial charge in [-0.1, -0.05) is 31.0 Å². The molecule has 1 N–H and O–H groups in total. The second kappa shape index (κ2) is 8.57. The summed E-state index contributed by atoms with van der Waals surface area (Å²) >= 11 is 0. The number of aliphatic hydroxyl groups is 1. The van der Waals surface area contributed by atoms with Crippen LogP contribution >= 0.6 is 0 Å². The van der Waals surface area contributed by atoms with Crippen molar-refractivity contribution in [3.8, 4) is 18.1 Å². The lowest BCUT2D eigenvalue weighted by Gasteiger charge is -2.21. The van der Waals surface area contributed by atoms with E-state index < -0.39 is 0 Å². The van der Waals surface area contributed by atoms with Crippen molar-refractivity contribution in [1.29, 1.82) is 0 Å². The molecule has 3 heteroatoms. The maximum Gasteiger partial charge on any atom is 0.148 e. The normalized spacial score (nSPS) is 10.3. The zero-order chi connectivity index (χ0) is 13.2. The third-order valence-electron chi connectivity index (χ3n) is 2.63. The van der Waals surface area contributed by atoms with Crippen LogP contribution in [-0.2, 0) is 6.54 Å². The van der Waals surface area contributed by atoms with E-state index in [-0.39, 0.29) is 13.2 Å². The molecule has 0 heterocycles. The summed E-state index contributed by atoms with van der Waals surface area (Å²) in [4.78, 5) is 2.21. The summed E-state index contributed by atoms with van der Waals surface area (Å²) in [6, 6.07) is 7.88. The molecular formula is C15H21NO2. The van der Waals surface area contributed by atoms with E-state index in [2.05, 4.69) is 17.7 Å². The highest BCUT2D eigenvalue weighted by atomic mass is 16.5. The fraction of sp³-hybridized carbons (Fsp3) is 0.467. The van der Waals surface area contributed by atoms with Gasteiger partial charge in [0.1, 0.15) is 12.4 Å². The summed E-state index contributed by atoms with van der Waals surface area (Å²) < 4.78 is 5.52. The molecule has 3 nitrogen and oxygen atoms in total. The second-order valence-electron chi connectivity index (χ2n) is 4.10. The molecule has 0 aromatic heterocycles. The van der Waals surface area contributed by atoms with E-state index in [4.69, 9.17) is 16.3 Å².